The second-order valence-corrected chi connectivity index (χ2v) is 2.49. The number of halogens is 1. The summed E-state index contributed by atoms with van der Waals surface area (Å²) < 4.78 is 12.5. The Morgan fingerprint density at radius 2 is 2.36 bits per heavy atom. The Hall–Kier alpha value is -0.690. The van der Waals surface area contributed by atoms with Gasteiger partial charge < -0.3 is 10.7 Å². The molecule has 0 aromatic carbocycles. The van der Waals surface area contributed by atoms with E-state index in [1.165, 1.54) is 12.3 Å². The Bertz CT molecular complexity index is 187. The van der Waals surface area contributed by atoms with E-state index >= 15 is 0 Å². The molecule has 0 aromatic heterocycles. The molecule has 0 spiro atoms. The van der Waals surface area contributed by atoms with Crippen molar-refractivity contribution < 1.29 is 4.39 Å². The van der Waals surface area contributed by atoms with E-state index in [0.717, 1.165) is 0 Å². The van der Waals surface area contributed by atoms with Crippen LogP contribution >= 0.6 is 9.24 Å². The minimum atomic E-state index is -1.33. The predicted molar refractivity (Wildman–Crippen MR) is 49.7 cm³/mol. The third kappa shape index (κ3) is 3.28. The second kappa shape index (κ2) is 5.03. The van der Waals surface area contributed by atoms with Crippen LogP contribution in [0.25, 0.3) is 0 Å². The van der Waals surface area contributed by atoms with E-state index in [0.29, 0.717) is 5.57 Å². The van der Waals surface area contributed by atoms with Crippen molar-refractivity contribution in [3.05, 3.63) is 24.4 Å². The first-order valence-electron chi connectivity index (χ1n) is 3.11. The summed E-state index contributed by atoms with van der Waals surface area (Å²) in [4.78, 5) is 0. The molecule has 0 rings (SSSR count). The summed E-state index contributed by atoms with van der Waals surface area (Å²) in [6.45, 7) is 3.46. The Kier molecular flexibility index (Phi) is 4.71. The van der Waals surface area contributed by atoms with E-state index in [-0.39, 0.29) is 5.71 Å². The SMILES string of the molecule is C=C/C(=C/NC)C(=N)C(F)P. The minimum Gasteiger partial charge on any atom is -0.393 e. The highest BCUT2D eigenvalue weighted by atomic mass is 31.0. The van der Waals surface area contributed by atoms with Crippen LogP contribution in [0, 0.1) is 5.41 Å². The highest BCUT2D eigenvalue weighted by Gasteiger charge is 2.08. The number of nitrogens with one attached hydrogen (secondary N) is 2. The normalized spacial score (nSPS) is 13.9. The van der Waals surface area contributed by atoms with Crippen molar-refractivity contribution >= 4 is 15.0 Å². The Morgan fingerprint density at radius 3 is 2.64 bits per heavy atom. The Labute approximate surface area is 68.3 Å². The number of alkyl halides is 1. The van der Waals surface area contributed by atoms with Crippen molar-refractivity contribution in [2.24, 2.45) is 0 Å². The minimum absolute atomic E-state index is 0.0839. The van der Waals surface area contributed by atoms with Crippen LogP contribution in [-0.4, -0.2) is 18.7 Å². The fraction of sp³-hybridized carbons (Fsp3) is 0.286. The molecule has 2 N–H and O–H groups in total. The van der Waals surface area contributed by atoms with E-state index in [1.807, 2.05) is 9.24 Å². The lowest BCUT2D eigenvalue weighted by atomic mass is 10.2. The molecule has 0 aliphatic carbocycles. The lowest BCUT2D eigenvalue weighted by Gasteiger charge is -2.04. The van der Waals surface area contributed by atoms with Gasteiger partial charge in [-0.2, -0.15) is 0 Å². The summed E-state index contributed by atoms with van der Waals surface area (Å²) in [5.74, 6) is -1.33. The fourth-order valence-corrected chi connectivity index (χ4v) is 0.754. The summed E-state index contributed by atoms with van der Waals surface area (Å²) in [5, 5.41) is 9.93. The number of hydrogen-bond acceptors (Lipinski definition) is 2. The van der Waals surface area contributed by atoms with Crippen LogP contribution in [0.2, 0.25) is 0 Å². The molecule has 11 heavy (non-hydrogen) atoms. The molecule has 2 nitrogen and oxygen atoms in total. The Morgan fingerprint density at radius 1 is 1.82 bits per heavy atom. The van der Waals surface area contributed by atoms with Crippen molar-refractivity contribution in [3.63, 3.8) is 0 Å². The maximum Gasteiger partial charge on any atom is 0.155 e. The van der Waals surface area contributed by atoms with Crippen molar-refractivity contribution in [2.75, 3.05) is 7.05 Å². The molecule has 0 aliphatic heterocycles. The van der Waals surface area contributed by atoms with Gasteiger partial charge in [0.05, 0.1) is 5.71 Å². The molecule has 0 saturated heterocycles. The quantitative estimate of drug-likeness (QED) is 0.378. The van der Waals surface area contributed by atoms with Crippen LogP contribution < -0.4 is 5.32 Å². The molecular formula is C7H12FN2P. The molecule has 0 heterocycles. The number of allylic oxidation sites excluding steroid dienone is 2. The molecule has 0 aliphatic rings. The standard InChI is InChI=1S/C7H12FN2P/c1-3-5(4-10-2)6(9)7(8)11/h3-4,7,9-10H,1,11H2,2H3/b5-4-,9-6?. The summed E-state index contributed by atoms with van der Waals surface area (Å²) in [5.41, 5.74) is 0.384. The lowest BCUT2D eigenvalue weighted by molar-refractivity contribution is 0.540. The van der Waals surface area contributed by atoms with Gasteiger partial charge in [-0.3, -0.25) is 0 Å². The smallest absolute Gasteiger partial charge is 0.155 e. The summed E-state index contributed by atoms with van der Waals surface area (Å²) in [7, 11) is 3.60. The first-order valence-corrected chi connectivity index (χ1v) is 3.78. The van der Waals surface area contributed by atoms with Crippen LogP contribution in [0.15, 0.2) is 24.4 Å². The van der Waals surface area contributed by atoms with E-state index in [9.17, 15) is 4.39 Å². The van der Waals surface area contributed by atoms with Gasteiger partial charge in [-0.1, -0.05) is 21.9 Å². The van der Waals surface area contributed by atoms with Crippen molar-refractivity contribution in [1.29, 1.82) is 5.41 Å². The molecule has 0 fully saturated rings. The molecule has 0 bridgehead atoms. The van der Waals surface area contributed by atoms with Crippen molar-refractivity contribution in [1.82, 2.24) is 5.32 Å². The van der Waals surface area contributed by atoms with Crippen LogP contribution in [0.3, 0.4) is 0 Å². The van der Waals surface area contributed by atoms with E-state index < -0.39 is 5.91 Å². The number of rotatable bonds is 4. The molecule has 4 heteroatoms. The van der Waals surface area contributed by atoms with Crippen molar-refractivity contribution in [2.45, 2.75) is 5.91 Å². The zero-order valence-electron chi connectivity index (χ0n) is 6.39. The molecule has 0 amide bonds. The van der Waals surface area contributed by atoms with E-state index in [4.69, 9.17) is 5.41 Å². The molecular weight excluding hydrogens is 162 g/mol. The molecule has 0 saturated carbocycles. The van der Waals surface area contributed by atoms with Gasteiger partial charge in [-0.15, -0.1) is 0 Å². The average molecular weight is 174 g/mol. The fourth-order valence-electron chi connectivity index (χ4n) is 0.561. The predicted octanol–water partition coefficient (Wildman–Crippen LogP) is 1.47. The number of hydrogen-bond donors (Lipinski definition) is 2. The van der Waals surface area contributed by atoms with Crippen LogP contribution in [-0.2, 0) is 0 Å². The van der Waals surface area contributed by atoms with Gasteiger partial charge in [-0.05, 0) is 0 Å². The van der Waals surface area contributed by atoms with Gasteiger partial charge in [-0.25, -0.2) is 4.39 Å². The van der Waals surface area contributed by atoms with Crippen molar-refractivity contribution in [3.8, 4) is 0 Å². The molecule has 2 unspecified atom stereocenters. The summed E-state index contributed by atoms with van der Waals surface area (Å²) >= 11 is 0. The van der Waals surface area contributed by atoms with Crippen LogP contribution in [0.4, 0.5) is 4.39 Å². The maximum absolute atomic E-state index is 12.5. The topological polar surface area (TPSA) is 35.9 Å². The zero-order valence-corrected chi connectivity index (χ0v) is 7.55. The molecule has 0 aromatic rings. The Balaban J connectivity index is 4.39. The molecule has 62 valence electrons. The highest BCUT2D eigenvalue weighted by Crippen LogP contribution is 2.10. The monoisotopic (exact) mass is 174 g/mol. The highest BCUT2D eigenvalue weighted by molar-refractivity contribution is 7.19. The zero-order chi connectivity index (χ0) is 8.85. The largest absolute Gasteiger partial charge is 0.393 e. The van der Waals surface area contributed by atoms with E-state index in [1.54, 1.807) is 7.05 Å². The third-order valence-electron chi connectivity index (χ3n) is 1.11. The first kappa shape index (κ1) is 10.3. The van der Waals surface area contributed by atoms with Gasteiger partial charge in [0.25, 0.3) is 0 Å². The van der Waals surface area contributed by atoms with E-state index in [2.05, 4.69) is 11.9 Å². The molecule has 2 atom stereocenters. The van der Waals surface area contributed by atoms with Gasteiger partial charge in [0.1, 0.15) is 0 Å². The van der Waals surface area contributed by atoms with Gasteiger partial charge in [0.15, 0.2) is 5.91 Å². The second-order valence-electron chi connectivity index (χ2n) is 1.91. The van der Waals surface area contributed by atoms with Crippen LogP contribution in [0.1, 0.15) is 0 Å². The van der Waals surface area contributed by atoms with Gasteiger partial charge in [0, 0.05) is 18.8 Å². The third-order valence-corrected chi connectivity index (χ3v) is 1.44. The maximum atomic E-state index is 12.5. The molecule has 0 radical (unpaired) electrons. The average Bonchev–Trinajstić information content (AvgIpc) is 1.98. The van der Waals surface area contributed by atoms with Gasteiger partial charge in [0.2, 0.25) is 0 Å². The lowest BCUT2D eigenvalue weighted by Crippen LogP contribution is -2.11. The van der Waals surface area contributed by atoms with Gasteiger partial charge >= 0.3 is 0 Å². The summed E-state index contributed by atoms with van der Waals surface area (Å²) in [6, 6.07) is 0. The van der Waals surface area contributed by atoms with Crippen LogP contribution in [0.5, 0.6) is 0 Å². The summed E-state index contributed by atoms with van der Waals surface area (Å²) in [6.07, 6.45) is 2.97. The first-order chi connectivity index (χ1) is 5.13.